The van der Waals surface area contributed by atoms with Gasteiger partial charge in [-0.3, -0.25) is 15.0 Å². The fourth-order valence-corrected chi connectivity index (χ4v) is 3.11. The number of hydrogen-bond acceptors (Lipinski definition) is 6. The number of nitro groups is 1. The minimum absolute atomic E-state index is 0.0158. The average molecular weight is 313 g/mol. The highest BCUT2D eigenvalue weighted by atomic mass is 35.5. The van der Waals surface area contributed by atoms with Gasteiger partial charge >= 0.3 is 5.69 Å². The van der Waals surface area contributed by atoms with Crippen LogP contribution in [-0.2, 0) is 4.74 Å². The first-order valence-electron chi connectivity index (χ1n) is 7.03. The summed E-state index contributed by atoms with van der Waals surface area (Å²) in [6, 6.07) is 3.28. The number of morpholine rings is 1. The van der Waals surface area contributed by atoms with E-state index in [1.807, 2.05) is 4.90 Å². The van der Waals surface area contributed by atoms with Gasteiger partial charge in [0.15, 0.2) is 0 Å². The van der Waals surface area contributed by atoms with Crippen molar-refractivity contribution in [3.8, 4) is 0 Å². The molecule has 0 radical (unpaired) electrons. The van der Waals surface area contributed by atoms with Gasteiger partial charge in [0, 0.05) is 38.3 Å². The van der Waals surface area contributed by atoms with E-state index in [1.54, 1.807) is 0 Å². The van der Waals surface area contributed by atoms with Crippen molar-refractivity contribution in [3.63, 3.8) is 0 Å². The molecule has 0 saturated carbocycles. The standard InChI is InChI=1S/C13H17ClN4O3/c14-12-2-1-11(18(19)20)13(15-12)17-4-3-10(9-17)16-5-7-21-8-6-16/h1-2,10H,3-9H2. The highest BCUT2D eigenvalue weighted by molar-refractivity contribution is 6.29. The predicted molar refractivity (Wildman–Crippen MR) is 78.9 cm³/mol. The molecule has 21 heavy (non-hydrogen) atoms. The Hall–Kier alpha value is -1.44. The maximum Gasteiger partial charge on any atom is 0.311 e. The van der Waals surface area contributed by atoms with E-state index in [-0.39, 0.29) is 10.8 Å². The molecule has 2 aliphatic rings. The van der Waals surface area contributed by atoms with Crippen molar-refractivity contribution in [2.45, 2.75) is 12.5 Å². The molecule has 0 bridgehead atoms. The van der Waals surface area contributed by atoms with Crippen LogP contribution in [0.2, 0.25) is 5.15 Å². The van der Waals surface area contributed by atoms with Crippen molar-refractivity contribution >= 4 is 23.1 Å². The van der Waals surface area contributed by atoms with Crippen molar-refractivity contribution in [3.05, 3.63) is 27.4 Å². The second-order valence-electron chi connectivity index (χ2n) is 5.27. The molecule has 2 aliphatic heterocycles. The third kappa shape index (κ3) is 3.09. The van der Waals surface area contributed by atoms with Gasteiger partial charge in [0.25, 0.3) is 0 Å². The van der Waals surface area contributed by atoms with Crippen molar-refractivity contribution in [2.75, 3.05) is 44.3 Å². The number of ether oxygens (including phenoxy) is 1. The molecule has 0 N–H and O–H groups in total. The summed E-state index contributed by atoms with van der Waals surface area (Å²) in [5.41, 5.74) is 0.0158. The zero-order chi connectivity index (χ0) is 14.8. The zero-order valence-electron chi connectivity index (χ0n) is 11.6. The smallest absolute Gasteiger partial charge is 0.311 e. The Morgan fingerprint density at radius 2 is 2.10 bits per heavy atom. The van der Waals surface area contributed by atoms with Gasteiger partial charge in [-0.15, -0.1) is 0 Å². The molecule has 0 aromatic carbocycles. The van der Waals surface area contributed by atoms with Crippen LogP contribution in [0.3, 0.4) is 0 Å². The Labute approximate surface area is 127 Å². The highest BCUT2D eigenvalue weighted by Gasteiger charge is 2.32. The lowest BCUT2D eigenvalue weighted by molar-refractivity contribution is -0.384. The Bertz CT molecular complexity index is 536. The molecule has 0 spiro atoms. The molecule has 3 rings (SSSR count). The van der Waals surface area contributed by atoms with Crippen LogP contribution in [0.5, 0.6) is 0 Å². The van der Waals surface area contributed by atoms with Gasteiger partial charge in [0.1, 0.15) is 5.15 Å². The van der Waals surface area contributed by atoms with Crippen molar-refractivity contribution in [1.82, 2.24) is 9.88 Å². The molecule has 2 saturated heterocycles. The van der Waals surface area contributed by atoms with Gasteiger partial charge in [-0.05, 0) is 12.5 Å². The summed E-state index contributed by atoms with van der Waals surface area (Å²) in [5, 5.41) is 11.4. The summed E-state index contributed by atoms with van der Waals surface area (Å²) in [6.45, 7) is 4.86. The van der Waals surface area contributed by atoms with Crippen LogP contribution < -0.4 is 4.90 Å². The number of hydrogen-bond donors (Lipinski definition) is 0. The Morgan fingerprint density at radius 1 is 1.33 bits per heavy atom. The molecule has 7 nitrogen and oxygen atoms in total. The van der Waals surface area contributed by atoms with Crippen LogP contribution in [0.1, 0.15) is 6.42 Å². The normalized spacial score (nSPS) is 23.5. The fourth-order valence-electron chi connectivity index (χ4n) is 2.97. The molecule has 114 valence electrons. The summed E-state index contributed by atoms with van der Waals surface area (Å²) in [7, 11) is 0. The van der Waals surface area contributed by atoms with Gasteiger partial charge in [-0.1, -0.05) is 11.6 Å². The molecule has 0 amide bonds. The number of nitrogens with zero attached hydrogens (tertiary/aromatic N) is 4. The first-order chi connectivity index (χ1) is 10.1. The summed E-state index contributed by atoms with van der Waals surface area (Å²) >= 11 is 5.90. The molecular formula is C13H17ClN4O3. The number of rotatable bonds is 3. The van der Waals surface area contributed by atoms with E-state index in [2.05, 4.69) is 9.88 Å². The average Bonchev–Trinajstić information content (AvgIpc) is 2.97. The second kappa shape index (κ2) is 6.13. The summed E-state index contributed by atoms with van der Waals surface area (Å²) < 4.78 is 5.36. The monoisotopic (exact) mass is 312 g/mol. The van der Waals surface area contributed by atoms with Gasteiger partial charge < -0.3 is 9.64 Å². The zero-order valence-corrected chi connectivity index (χ0v) is 12.3. The Kier molecular flexibility index (Phi) is 4.23. The van der Waals surface area contributed by atoms with Crippen molar-refractivity contribution in [2.24, 2.45) is 0 Å². The van der Waals surface area contributed by atoms with E-state index in [0.717, 1.165) is 45.8 Å². The molecule has 1 atom stereocenters. The third-order valence-corrected chi connectivity index (χ3v) is 4.25. The second-order valence-corrected chi connectivity index (χ2v) is 5.66. The van der Waals surface area contributed by atoms with E-state index >= 15 is 0 Å². The topological polar surface area (TPSA) is 71.7 Å². The Balaban J connectivity index is 1.76. The molecule has 3 heterocycles. The SMILES string of the molecule is O=[N+]([O-])c1ccc(Cl)nc1N1CCC(N2CCOCC2)C1. The van der Waals surface area contributed by atoms with Crippen LogP contribution >= 0.6 is 11.6 Å². The molecule has 1 aromatic heterocycles. The van der Waals surface area contributed by atoms with Crippen LogP contribution in [0.4, 0.5) is 11.5 Å². The minimum Gasteiger partial charge on any atom is -0.379 e. The van der Waals surface area contributed by atoms with E-state index in [0.29, 0.717) is 11.9 Å². The molecule has 1 aromatic rings. The number of halogens is 1. The minimum atomic E-state index is -0.402. The van der Waals surface area contributed by atoms with Crippen LogP contribution in [0.25, 0.3) is 0 Å². The van der Waals surface area contributed by atoms with E-state index in [1.165, 1.54) is 12.1 Å². The molecule has 2 fully saturated rings. The number of aromatic nitrogens is 1. The lowest BCUT2D eigenvalue weighted by Crippen LogP contribution is -2.44. The van der Waals surface area contributed by atoms with Gasteiger partial charge in [0.05, 0.1) is 18.1 Å². The molecule has 0 aliphatic carbocycles. The summed E-state index contributed by atoms with van der Waals surface area (Å²) in [5.74, 6) is 0.378. The molecular weight excluding hydrogens is 296 g/mol. The van der Waals surface area contributed by atoms with E-state index < -0.39 is 4.92 Å². The van der Waals surface area contributed by atoms with Crippen LogP contribution in [-0.4, -0.2) is 60.2 Å². The summed E-state index contributed by atoms with van der Waals surface area (Å²) in [4.78, 5) is 19.3. The number of pyridine rings is 1. The van der Waals surface area contributed by atoms with Gasteiger partial charge in [-0.2, -0.15) is 0 Å². The van der Waals surface area contributed by atoms with E-state index in [9.17, 15) is 10.1 Å². The van der Waals surface area contributed by atoms with Crippen molar-refractivity contribution in [1.29, 1.82) is 0 Å². The third-order valence-electron chi connectivity index (χ3n) is 4.04. The lowest BCUT2D eigenvalue weighted by Gasteiger charge is -2.32. The first-order valence-corrected chi connectivity index (χ1v) is 7.40. The Morgan fingerprint density at radius 3 is 2.81 bits per heavy atom. The predicted octanol–water partition coefficient (Wildman–Crippen LogP) is 1.55. The van der Waals surface area contributed by atoms with Gasteiger partial charge in [0.2, 0.25) is 5.82 Å². The van der Waals surface area contributed by atoms with Crippen molar-refractivity contribution < 1.29 is 9.66 Å². The maximum absolute atomic E-state index is 11.1. The maximum atomic E-state index is 11.1. The van der Waals surface area contributed by atoms with Crippen LogP contribution in [0.15, 0.2) is 12.1 Å². The lowest BCUT2D eigenvalue weighted by atomic mass is 10.2. The summed E-state index contributed by atoms with van der Waals surface area (Å²) in [6.07, 6.45) is 0.978. The first kappa shape index (κ1) is 14.5. The largest absolute Gasteiger partial charge is 0.379 e. The fraction of sp³-hybridized carbons (Fsp3) is 0.615. The highest BCUT2D eigenvalue weighted by Crippen LogP contribution is 2.31. The molecule has 8 heteroatoms. The van der Waals surface area contributed by atoms with Gasteiger partial charge in [-0.25, -0.2) is 4.98 Å². The van der Waals surface area contributed by atoms with Crippen LogP contribution in [0, 0.1) is 10.1 Å². The van der Waals surface area contributed by atoms with E-state index in [4.69, 9.17) is 16.3 Å². The number of anilines is 1. The molecule has 1 unspecified atom stereocenters. The quantitative estimate of drug-likeness (QED) is 0.479.